The summed E-state index contributed by atoms with van der Waals surface area (Å²) in [4.78, 5) is 0. The average molecular weight is 284 g/mol. The zero-order valence-electron chi connectivity index (χ0n) is 11.5. The molecule has 0 spiro atoms. The number of hydrogen-bond donors (Lipinski definition) is 0. The Morgan fingerprint density at radius 1 is 1.26 bits per heavy atom. The highest BCUT2D eigenvalue weighted by Crippen LogP contribution is 2.27. The summed E-state index contributed by atoms with van der Waals surface area (Å²) < 4.78 is 33.0. The minimum absolute atomic E-state index is 0.146. The van der Waals surface area contributed by atoms with E-state index in [9.17, 15) is 8.42 Å². The highest BCUT2D eigenvalue weighted by molar-refractivity contribution is 7.86. The average Bonchev–Trinajstić information content (AvgIpc) is 2.40. The van der Waals surface area contributed by atoms with E-state index >= 15 is 0 Å². The second kappa shape index (κ2) is 5.58. The van der Waals surface area contributed by atoms with Crippen LogP contribution in [-0.4, -0.2) is 50.3 Å². The standard InChI is InChI=1S/C13H20N2O3S/c1-11-10-18-13(12-7-5-4-6-8-12)9-15(11)19(16,17)14(2)3/h4-8,11,13H,9-10H2,1-3H3. The summed E-state index contributed by atoms with van der Waals surface area (Å²) in [6, 6.07) is 9.57. The Balaban J connectivity index is 2.22. The van der Waals surface area contributed by atoms with Crippen LogP contribution in [-0.2, 0) is 14.9 Å². The first kappa shape index (κ1) is 14.5. The number of morpholine rings is 1. The van der Waals surface area contributed by atoms with Gasteiger partial charge in [0.05, 0.1) is 12.7 Å². The van der Waals surface area contributed by atoms with E-state index in [1.807, 2.05) is 37.3 Å². The Morgan fingerprint density at radius 3 is 2.47 bits per heavy atom. The van der Waals surface area contributed by atoms with Crippen molar-refractivity contribution in [2.75, 3.05) is 27.2 Å². The molecule has 1 aromatic rings. The van der Waals surface area contributed by atoms with Gasteiger partial charge in [0.1, 0.15) is 0 Å². The molecule has 0 radical (unpaired) electrons. The second-order valence-corrected chi connectivity index (χ2v) is 7.04. The Morgan fingerprint density at radius 2 is 1.89 bits per heavy atom. The van der Waals surface area contributed by atoms with E-state index in [0.29, 0.717) is 13.2 Å². The van der Waals surface area contributed by atoms with E-state index in [2.05, 4.69) is 0 Å². The number of ether oxygens (including phenoxy) is 1. The lowest BCUT2D eigenvalue weighted by Gasteiger charge is -2.38. The van der Waals surface area contributed by atoms with Gasteiger partial charge in [-0.15, -0.1) is 0 Å². The third kappa shape index (κ3) is 2.97. The molecule has 5 nitrogen and oxygen atoms in total. The molecule has 2 unspecified atom stereocenters. The lowest BCUT2D eigenvalue weighted by Crippen LogP contribution is -2.51. The zero-order chi connectivity index (χ0) is 14.0. The van der Waals surface area contributed by atoms with Gasteiger partial charge in [0, 0.05) is 26.7 Å². The van der Waals surface area contributed by atoms with Gasteiger partial charge in [0.2, 0.25) is 0 Å². The third-order valence-electron chi connectivity index (χ3n) is 3.31. The van der Waals surface area contributed by atoms with E-state index in [-0.39, 0.29) is 12.1 Å². The fourth-order valence-electron chi connectivity index (χ4n) is 2.14. The molecule has 0 N–H and O–H groups in total. The Kier molecular flexibility index (Phi) is 4.25. The quantitative estimate of drug-likeness (QED) is 0.839. The molecule has 1 aliphatic rings. The first-order chi connectivity index (χ1) is 8.93. The van der Waals surface area contributed by atoms with Crippen molar-refractivity contribution in [2.45, 2.75) is 19.1 Å². The second-order valence-electron chi connectivity index (χ2n) is 4.94. The van der Waals surface area contributed by atoms with Crippen LogP contribution < -0.4 is 0 Å². The molecule has 1 aliphatic heterocycles. The van der Waals surface area contributed by atoms with Gasteiger partial charge in [-0.2, -0.15) is 17.0 Å². The van der Waals surface area contributed by atoms with Crippen molar-refractivity contribution >= 4 is 10.2 Å². The van der Waals surface area contributed by atoms with Crippen LogP contribution in [0.4, 0.5) is 0 Å². The number of nitrogens with zero attached hydrogens (tertiary/aromatic N) is 2. The maximum absolute atomic E-state index is 12.3. The van der Waals surface area contributed by atoms with Crippen molar-refractivity contribution in [3.63, 3.8) is 0 Å². The number of rotatable bonds is 3. The highest BCUT2D eigenvalue weighted by Gasteiger charge is 2.36. The fourth-order valence-corrected chi connectivity index (χ4v) is 3.39. The van der Waals surface area contributed by atoms with Crippen LogP contribution in [0, 0.1) is 0 Å². The Bertz CT molecular complexity index is 516. The van der Waals surface area contributed by atoms with Gasteiger partial charge in [-0.3, -0.25) is 0 Å². The first-order valence-electron chi connectivity index (χ1n) is 6.28. The number of hydrogen-bond acceptors (Lipinski definition) is 3. The zero-order valence-corrected chi connectivity index (χ0v) is 12.3. The van der Waals surface area contributed by atoms with E-state index < -0.39 is 10.2 Å². The summed E-state index contributed by atoms with van der Waals surface area (Å²) in [6.45, 7) is 2.63. The molecule has 2 atom stereocenters. The highest BCUT2D eigenvalue weighted by atomic mass is 32.2. The van der Waals surface area contributed by atoms with Crippen molar-refractivity contribution in [1.29, 1.82) is 0 Å². The van der Waals surface area contributed by atoms with Crippen LogP contribution in [0.2, 0.25) is 0 Å². The smallest absolute Gasteiger partial charge is 0.281 e. The van der Waals surface area contributed by atoms with Crippen molar-refractivity contribution in [3.05, 3.63) is 35.9 Å². The lowest BCUT2D eigenvalue weighted by molar-refractivity contribution is -0.0302. The predicted molar refractivity (Wildman–Crippen MR) is 73.9 cm³/mol. The number of benzene rings is 1. The minimum Gasteiger partial charge on any atom is -0.370 e. The van der Waals surface area contributed by atoms with E-state index in [1.54, 1.807) is 14.1 Å². The maximum atomic E-state index is 12.3. The van der Waals surface area contributed by atoms with Gasteiger partial charge in [-0.25, -0.2) is 0 Å². The summed E-state index contributed by atoms with van der Waals surface area (Å²) in [7, 11) is -0.302. The fraction of sp³-hybridized carbons (Fsp3) is 0.538. The van der Waals surface area contributed by atoms with Crippen LogP contribution in [0.1, 0.15) is 18.6 Å². The molecule has 0 aromatic heterocycles. The van der Waals surface area contributed by atoms with Gasteiger partial charge in [0.15, 0.2) is 0 Å². The van der Waals surface area contributed by atoms with Crippen molar-refractivity contribution in [3.8, 4) is 0 Å². The van der Waals surface area contributed by atoms with E-state index in [1.165, 1.54) is 8.61 Å². The lowest BCUT2D eigenvalue weighted by atomic mass is 10.1. The molecule has 106 valence electrons. The van der Waals surface area contributed by atoms with Crippen LogP contribution in [0.5, 0.6) is 0 Å². The van der Waals surface area contributed by atoms with Gasteiger partial charge in [0.25, 0.3) is 10.2 Å². The minimum atomic E-state index is -3.40. The van der Waals surface area contributed by atoms with Crippen LogP contribution in [0.15, 0.2) is 30.3 Å². The van der Waals surface area contributed by atoms with E-state index in [0.717, 1.165) is 5.56 Å². The molecule has 2 rings (SSSR count). The summed E-state index contributed by atoms with van der Waals surface area (Å²) in [5, 5.41) is 0. The van der Waals surface area contributed by atoms with Crippen LogP contribution >= 0.6 is 0 Å². The monoisotopic (exact) mass is 284 g/mol. The maximum Gasteiger partial charge on any atom is 0.281 e. The molecule has 19 heavy (non-hydrogen) atoms. The molecule has 0 saturated carbocycles. The molecule has 1 aromatic carbocycles. The topological polar surface area (TPSA) is 49.9 Å². The first-order valence-corrected chi connectivity index (χ1v) is 7.68. The molecule has 1 heterocycles. The molecule has 0 aliphatic carbocycles. The SMILES string of the molecule is CC1COC(c2ccccc2)CN1S(=O)(=O)N(C)C. The van der Waals surface area contributed by atoms with Gasteiger partial charge in [-0.05, 0) is 12.5 Å². The molecule has 1 fully saturated rings. The third-order valence-corrected chi connectivity index (χ3v) is 5.33. The predicted octanol–water partition coefficient (Wildman–Crippen LogP) is 1.25. The summed E-state index contributed by atoms with van der Waals surface area (Å²) in [5.74, 6) is 0. The largest absolute Gasteiger partial charge is 0.370 e. The molecule has 0 amide bonds. The van der Waals surface area contributed by atoms with Gasteiger partial charge < -0.3 is 4.74 Å². The normalized spacial score (nSPS) is 25.7. The Labute approximate surface area is 115 Å². The molecule has 1 saturated heterocycles. The van der Waals surface area contributed by atoms with Crippen LogP contribution in [0.3, 0.4) is 0 Å². The molecule has 6 heteroatoms. The summed E-state index contributed by atoms with van der Waals surface area (Å²) in [6.07, 6.45) is -0.202. The summed E-state index contributed by atoms with van der Waals surface area (Å²) in [5.41, 5.74) is 1.01. The summed E-state index contributed by atoms with van der Waals surface area (Å²) >= 11 is 0. The van der Waals surface area contributed by atoms with Crippen molar-refractivity contribution in [1.82, 2.24) is 8.61 Å². The van der Waals surface area contributed by atoms with Gasteiger partial charge >= 0.3 is 0 Å². The molecular formula is C13H20N2O3S. The Hall–Kier alpha value is -0.950. The van der Waals surface area contributed by atoms with Gasteiger partial charge in [-0.1, -0.05) is 30.3 Å². The van der Waals surface area contributed by atoms with Crippen molar-refractivity contribution < 1.29 is 13.2 Å². The van der Waals surface area contributed by atoms with E-state index in [4.69, 9.17) is 4.74 Å². The molecule has 0 bridgehead atoms. The van der Waals surface area contributed by atoms with Crippen LogP contribution in [0.25, 0.3) is 0 Å². The van der Waals surface area contributed by atoms with Crippen molar-refractivity contribution in [2.24, 2.45) is 0 Å². The molecular weight excluding hydrogens is 264 g/mol.